The number of likely N-dealkylation sites (tertiary alicyclic amines) is 1. The number of ether oxygens (including phenoxy) is 1. The fraction of sp³-hybridized carbons (Fsp3) is 0.353. The standard InChI is InChI=1S/C34H36N6O/c1-3-41-21-29-14-16-40(29)28-11-8-23-6-7-25(17-24(23)9-12-28)27-18-30-33(38-39-34(30)37-20-27)31-13-10-26(19-36-31)32-22(2)5-4-15-35-32/h4-7,10,13,15,17-20,28-29H,3,8-9,11-12,14,16,21H2,1-2H3,(H,37,38,39)/t28-,29?/m0/s1. The Morgan fingerprint density at radius 2 is 1.76 bits per heavy atom. The molecule has 1 aromatic carbocycles. The molecule has 0 bridgehead atoms. The SMILES string of the molecule is CCOCC1CCN1[C@H]1CCc2ccc(-c3cnc4n[nH]c(-c5ccc(-c6ncccc6C)cn5)c4c3)cc2CC1. The van der Waals surface area contributed by atoms with Gasteiger partial charge in [0.25, 0.3) is 0 Å². The van der Waals surface area contributed by atoms with Crippen molar-refractivity contribution in [3.8, 4) is 33.8 Å². The molecule has 1 fully saturated rings. The lowest BCUT2D eigenvalue weighted by atomic mass is 9.96. The number of aromatic nitrogens is 5. The van der Waals surface area contributed by atoms with E-state index in [1.807, 2.05) is 30.7 Å². The first-order valence-electron chi connectivity index (χ1n) is 14.9. The fourth-order valence-electron chi connectivity index (χ4n) is 6.50. The highest BCUT2D eigenvalue weighted by atomic mass is 16.5. The van der Waals surface area contributed by atoms with Gasteiger partial charge in [0.1, 0.15) is 0 Å². The second-order valence-corrected chi connectivity index (χ2v) is 11.3. The number of hydrogen-bond acceptors (Lipinski definition) is 6. The Bertz CT molecular complexity index is 1680. The van der Waals surface area contributed by atoms with E-state index in [1.165, 1.54) is 42.5 Å². The van der Waals surface area contributed by atoms with E-state index in [2.05, 4.69) is 70.3 Å². The summed E-state index contributed by atoms with van der Waals surface area (Å²) >= 11 is 0. The zero-order valence-electron chi connectivity index (χ0n) is 23.8. The van der Waals surface area contributed by atoms with Crippen LogP contribution in [0.3, 0.4) is 0 Å². The normalized spacial score (nSPS) is 19.1. The number of rotatable bonds is 7. The summed E-state index contributed by atoms with van der Waals surface area (Å²) in [6.07, 6.45) is 11.6. The number of nitrogens with one attached hydrogen (secondary N) is 1. The molecule has 5 aromatic rings. The van der Waals surface area contributed by atoms with Crippen LogP contribution in [0.25, 0.3) is 44.8 Å². The largest absolute Gasteiger partial charge is 0.380 e. The van der Waals surface area contributed by atoms with Crippen molar-refractivity contribution in [2.75, 3.05) is 19.8 Å². The van der Waals surface area contributed by atoms with Gasteiger partial charge in [0.2, 0.25) is 0 Å². The molecular weight excluding hydrogens is 508 g/mol. The Morgan fingerprint density at radius 1 is 0.902 bits per heavy atom. The molecule has 0 amide bonds. The molecule has 7 heteroatoms. The van der Waals surface area contributed by atoms with Crippen molar-refractivity contribution in [1.29, 1.82) is 0 Å². The van der Waals surface area contributed by atoms with Gasteiger partial charge in [0.05, 0.1) is 23.7 Å². The number of aryl methyl sites for hydroxylation is 3. The summed E-state index contributed by atoms with van der Waals surface area (Å²) in [6.45, 7) is 7.04. The van der Waals surface area contributed by atoms with E-state index in [1.54, 1.807) is 0 Å². The minimum absolute atomic E-state index is 0.600. The summed E-state index contributed by atoms with van der Waals surface area (Å²) in [5, 5.41) is 8.62. The third kappa shape index (κ3) is 5.04. The fourth-order valence-corrected chi connectivity index (χ4v) is 6.50. The summed E-state index contributed by atoms with van der Waals surface area (Å²) in [5.74, 6) is 0. The molecule has 208 valence electrons. The van der Waals surface area contributed by atoms with Crippen molar-refractivity contribution in [3.05, 3.63) is 83.8 Å². The first kappa shape index (κ1) is 26.0. The van der Waals surface area contributed by atoms with Crippen LogP contribution in [0.15, 0.2) is 67.1 Å². The van der Waals surface area contributed by atoms with Gasteiger partial charge >= 0.3 is 0 Å². The minimum atomic E-state index is 0.600. The number of benzene rings is 1. The summed E-state index contributed by atoms with van der Waals surface area (Å²) in [7, 11) is 0. The van der Waals surface area contributed by atoms with Crippen LogP contribution in [0.1, 0.15) is 42.9 Å². The van der Waals surface area contributed by atoms with Gasteiger partial charge in [-0.15, -0.1) is 0 Å². The molecule has 0 saturated carbocycles. The second-order valence-electron chi connectivity index (χ2n) is 11.3. The van der Waals surface area contributed by atoms with E-state index in [0.717, 1.165) is 65.2 Å². The smallest absolute Gasteiger partial charge is 0.181 e. The van der Waals surface area contributed by atoms with E-state index in [4.69, 9.17) is 14.7 Å². The lowest BCUT2D eigenvalue weighted by Gasteiger charge is -2.46. The predicted molar refractivity (Wildman–Crippen MR) is 163 cm³/mol. The lowest BCUT2D eigenvalue weighted by molar-refractivity contribution is -0.0220. The van der Waals surface area contributed by atoms with Gasteiger partial charge in [0.15, 0.2) is 5.65 Å². The molecule has 4 aromatic heterocycles. The van der Waals surface area contributed by atoms with Crippen molar-refractivity contribution in [3.63, 3.8) is 0 Å². The number of hydrogen-bond donors (Lipinski definition) is 1. The van der Waals surface area contributed by atoms with Crippen LogP contribution in [0.4, 0.5) is 0 Å². The van der Waals surface area contributed by atoms with Crippen LogP contribution in [0, 0.1) is 6.92 Å². The topological polar surface area (TPSA) is 79.8 Å². The van der Waals surface area contributed by atoms with E-state index < -0.39 is 0 Å². The highest BCUT2D eigenvalue weighted by Gasteiger charge is 2.34. The number of fused-ring (bicyclic) bond motifs is 2. The zero-order valence-corrected chi connectivity index (χ0v) is 23.8. The van der Waals surface area contributed by atoms with Crippen molar-refractivity contribution in [2.45, 2.75) is 58.0 Å². The van der Waals surface area contributed by atoms with Gasteiger partial charge in [-0.2, -0.15) is 5.10 Å². The average Bonchev–Trinajstić information content (AvgIpc) is 3.31. The van der Waals surface area contributed by atoms with Crippen LogP contribution in [-0.2, 0) is 17.6 Å². The number of aromatic amines is 1. The number of nitrogens with zero attached hydrogens (tertiary/aromatic N) is 5. The number of H-pyrrole nitrogens is 1. The maximum Gasteiger partial charge on any atom is 0.181 e. The summed E-state index contributed by atoms with van der Waals surface area (Å²) < 4.78 is 5.74. The van der Waals surface area contributed by atoms with Crippen LogP contribution < -0.4 is 0 Å². The molecule has 0 radical (unpaired) electrons. The molecule has 2 atom stereocenters. The van der Waals surface area contributed by atoms with Gasteiger partial charge in [-0.05, 0) is 92.5 Å². The van der Waals surface area contributed by atoms with E-state index in [9.17, 15) is 0 Å². The first-order valence-corrected chi connectivity index (χ1v) is 14.9. The molecule has 7 rings (SSSR count). The molecule has 7 nitrogen and oxygen atoms in total. The third-order valence-electron chi connectivity index (χ3n) is 8.92. The molecule has 1 unspecified atom stereocenters. The number of pyridine rings is 3. The Morgan fingerprint density at radius 3 is 2.54 bits per heavy atom. The van der Waals surface area contributed by atoms with Gasteiger partial charge < -0.3 is 4.74 Å². The molecule has 1 saturated heterocycles. The maximum absolute atomic E-state index is 5.74. The van der Waals surface area contributed by atoms with E-state index in [-0.39, 0.29) is 0 Å². The Labute approximate surface area is 241 Å². The third-order valence-corrected chi connectivity index (χ3v) is 8.92. The molecule has 1 aliphatic heterocycles. The van der Waals surface area contributed by atoms with Gasteiger partial charge in [0, 0.05) is 60.3 Å². The van der Waals surface area contributed by atoms with Gasteiger partial charge in [-0.25, -0.2) is 4.98 Å². The van der Waals surface area contributed by atoms with Crippen LogP contribution >= 0.6 is 0 Å². The monoisotopic (exact) mass is 544 g/mol. The van der Waals surface area contributed by atoms with E-state index in [0.29, 0.717) is 17.7 Å². The molecule has 0 spiro atoms. The van der Waals surface area contributed by atoms with E-state index >= 15 is 0 Å². The Kier molecular flexibility index (Phi) is 7.07. The summed E-state index contributed by atoms with van der Waals surface area (Å²) in [5.41, 5.74) is 10.8. The predicted octanol–water partition coefficient (Wildman–Crippen LogP) is 6.42. The Hall–Kier alpha value is -3.94. The lowest BCUT2D eigenvalue weighted by Crippen LogP contribution is -2.55. The van der Waals surface area contributed by atoms with Gasteiger partial charge in [-0.1, -0.05) is 24.3 Å². The molecule has 5 heterocycles. The van der Waals surface area contributed by atoms with Crippen molar-refractivity contribution in [1.82, 2.24) is 30.0 Å². The summed E-state index contributed by atoms with van der Waals surface area (Å²) in [6, 6.07) is 18.5. The molecular formula is C34H36N6O. The molecule has 1 aliphatic carbocycles. The quantitative estimate of drug-likeness (QED) is 0.238. The summed E-state index contributed by atoms with van der Waals surface area (Å²) in [4.78, 5) is 16.7. The van der Waals surface area contributed by atoms with Crippen molar-refractivity contribution >= 4 is 11.0 Å². The molecule has 2 aliphatic rings. The highest BCUT2D eigenvalue weighted by molar-refractivity contribution is 5.92. The Balaban J connectivity index is 1.12. The molecule has 1 N–H and O–H groups in total. The van der Waals surface area contributed by atoms with Crippen molar-refractivity contribution < 1.29 is 4.74 Å². The van der Waals surface area contributed by atoms with Crippen LogP contribution in [0.2, 0.25) is 0 Å². The average molecular weight is 545 g/mol. The minimum Gasteiger partial charge on any atom is -0.380 e. The van der Waals surface area contributed by atoms with Crippen LogP contribution in [-0.4, -0.2) is 61.9 Å². The first-order chi connectivity index (χ1) is 20.2. The highest BCUT2D eigenvalue weighted by Crippen LogP contribution is 2.34. The maximum atomic E-state index is 5.74. The van der Waals surface area contributed by atoms with Gasteiger partial charge in [-0.3, -0.25) is 20.0 Å². The zero-order chi connectivity index (χ0) is 27.8. The van der Waals surface area contributed by atoms with Crippen LogP contribution in [0.5, 0.6) is 0 Å². The second kappa shape index (κ2) is 11.1. The molecule has 41 heavy (non-hydrogen) atoms. The van der Waals surface area contributed by atoms with Crippen molar-refractivity contribution in [2.24, 2.45) is 0 Å².